The van der Waals surface area contributed by atoms with Gasteiger partial charge in [-0.15, -0.1) is 0 Å². The molecule has 3 heteroatoms. The smallest absolute Gasteiger partial charge is 0.0416 e. The van der Waals surface area contributed by atoms with Crippen molar-refractivity contribution < 1.29 is 0 Å². The number of nitrogens with zero attached hydrogens (tertiary/aromatic N) is 2. The predicted octanol–water partition coefficient (Wildman–Crippen LogP) is 2.85. The Hall–Kier alpha value is -0.930. The van der Waals surface area contributed by atoms with E-state index in [-0.39, 0.29) is 5.54 Å². The zero-order valence-corrected chi connectivity index (χ0v) is 13.0. The van der Waals surface area contributed by atoms with Crippen LogP contribution in [0.4, 0.5) is 0 Å². The molecule has 0 bridgehead atoms. The summed E-state index contributed by atoms with van der Waals surface area (Å²) >= 11 is 0. The highest BCUT2D eigenvalue weighted by Gasteiger charge is 2.41. The SMILES string of the molecule is CCC1CCCCC1(CN)N(C)CCc1ccccn1. The van der Waals surface area contributed by atoms with Crippen LogP contribution in [0.2, 0.25) is 0 Å². The molecule has 1 heterocycles. The topological polar surface area (TPSA) is 42.1 Å². The van der Waals surface area contributed by atoms with Crippen molar-refractivity contribution in [3.05, 3.63) is 30.1 Å². The van der Waals surface area contributed by atoms with E-state index in [4.69, 9.17) is 5.73 Å². The summed E-state index contributed by atoms with van der Waals surface area (Å²) < 4.78 is 0. The summed E-state index contributed by atoms with van der Waals surface area (Å²) in [6.07, 6.45) is 9.41. The average Bonchev–Trinajstić information content (AvgIpc) is 2.53. The van der Waals surface area contributed by atoms with Gasteiger partial charge in [0.15, 0.2) is 0 Å². The van der Waals surface area contributed by atoms with Gasteiger partial charge in [0, 0.05) is 36.9 Å². The molecule has 3 nitrogen and oxygen atoms in total. The fourth-order valence-corrected chi connectivity index (χ4v) is 3.86. The molecule has 2 rings (SSSR count). The lowest BCUT2D eigenvalue weighted by molar-refractivity contribution is 0.0241. The van der Waals surface area contributed by atoms with Gasteiger partial charge in [-0.2, -0.15) is 0 Å². The fourth-order valence-electron chi connectivity index (χ4n) is 3.86. The van der Waals surface area contributed by atoms with Crippen molar-refractivity contribution in [3.8, 4) is 0 Å². The number of likely N-dealkylation sites (N-methyl/N-ethyl adjacent to an activating group) is 1. The molecule has 0 amide bonds. The molecular formula is C17H29N3. The number of rotatable bonds is 6. The highest BCUT2D eigenvalue weighted by Crippen LogP contribution is 2.39. The van der Waals surface area contributed by atoms with Gasteiger partial charge in [-0.25, -0.2) is 0 Å². The summed E-state index contributed by atoms with van der Waals surface area (Å²) in [5.74, 6) is 0.745. The van der Waals surface area contributed by atoms with Crippen LogP contribution in [0.5, 0.6) is 0 Å². The van der Waals surface area contributed by atoms with Crippen LogP contribution in [0.3, 0.4) is 0 Å². The number of hydrogen-bond donors (Lipinski definition) is 1. The first-order valence-corrected chi connectivity index (χ1v) is 8.04. The molecule has 2 N–H and O–H groups in total. The third-order valence-electron chi connectivity index (χ3n) is 5.21. The van der Waals surface area contributed by atoms with Gasteiger partial charge < -0.3 is 5.73 Å². The van der Waals surface area contributed by atoms with E-state index in [1.807, 2.05) is 12.3 Å². The van der Waals surface area contributed by atoms with Crippen molar-refractivity contribution in [1.82, 2.24) is 9.88 Å². The Bertz CT molecular complexity index is 392. The van der Waals surface area contributed by atoms with Crippen molar-refractivity contribution in [1.29, 1.82) is 0 Å². The van der Waals surface area contributed by atoms with E-state index >= 15 is 0 Å². The zero-order chi connectivity index (χ0) is 14.4. The second-order valence-corrected chi connectivity index (χ2v) is 6.15. The Morgan fingerprint density at radius 2 is 2.25 bits per heavy atom. The molecule has 112 valence electrons. The molecule has 1 aromatic rings. The van der Waals surface area contributed by atoms with Gasteiger partial charge in [0.05, 0.1) is 0 Å². The Morgan fingerprint density at radius 1 is 1.40 bits per heavy atom. The molecule has 0 radical (unpaired) electrons. The van der Waals surface area contributed by atoms with E-state index in [2.05, 4.69) is 36.0 Å². The molecular weight excluding hydrogens is 246 g/mol. The molecule has 2 atom stereocenters. The first kappa shape index (κ1) is 15.5. The van der Waals surface area contributed by atoms with Crippen molar-refractivity contribution in [2.45, 2.75) is 51.0 Å². The van der Waals surface area contributed by atoms with E-state index in [0.29, 0.717) is 0 Å². The lowest BCUT2D eigenvalue weighted by Gasteiger charge is -2.49. The van der Waals surface area contributed by atoms with Crippen molar-refractivity contribution in [3.63, 3.8) is 0 Å². The van der Waals surface area contributed by atoms with Crippen LogP contribution in [-0.4, -0.2) is 35.6 Å². The Labute approximate surface area is 123 Å². The standard InChI is InChI=1S/C17H29N3/c1-3-15-8-4-6-11-17(15,14-18)20(2)13-10-16-9-5-7-12-19-16/h5,7,9,12,15H,3-4,6,8,10-11,13-14,18H2,1-2H3. The molecule has 20 heavy (non-hydrogen) atoms. The van der Waals surface area contributed by atoms with E-state index in [9.17, 15) is 0 Å². The highest BCUT2D eigenvalue weighted by atomic mass is 15.2. The molecule has 2 unspecified atom stereocenters. The third kappa shape index (κ3) is 3.21. The molecule has 1 fully saturated rings. The first-order chi connectivity index (χ1) is 9.73. The second-order valence-electron chi connectivity index (χ2n) is 6.15. The van der Waals surface area contributed by atoms with E-state index < -0.39 is 0 Å². The van der Waals surface area contributed by atoms with Crippen LogP contribution in [0.25, 0.3) is 0 Å². The first-order valence-electron chi connectivity index (χ1n) is 8.04. The summed E-state index contributed by atoms with van der Waals surface area (Å²) in [5.41, 5.74) is 7.60. The lowest BCUT2D eigenvalue weighted by Crippen LogP contribution is -2.58. The van der Waals surface area contributed by atoms with Crippen LogP contribution in [0, 0.1) is 5.92 Å². The monoisotopic (exact) mass is 275 g/mol. The predicted molar refractivity (Wildman–Crippen MR) is 84.6 cm³/mol. The van der Waals surface area contributed by atoms with Crippen LogP contribution >= 0.6 is 0 Å². The van der Waals surface area contributed by atoms with Gasteiger partial charge in [0.25, 0.3) is 0 Å². The van der Waals surface area contributed by atoms with Crippen molar-refractivity contribution >= 4 is 0 Å². The number of hydrogen-bond acceptors (Lipinski definition) is 3. The van der Waals surface area contributed by atoms with Crippen molar-refractivity contribution in [2.75, 3.05) is 20.1 Å². The summed E-state index contributed by atoms with van der Waals surface area (Å²) in [4.78, 5) is 6.95. The van der Waals surface area contributed by atoms with Gasteiger partial charge in [-0.1, -0.05) is 32.3 Å². The number of aromatic nitrogens is 1. The van der Waals surface area contributed by atoms with Gasteiger partial charge in [-0.05, 0) is 37.9 Å². The Balaban J connectivity index is 2.02. The quantitative estimate of drug-likeness (QED) is 0.868. The number of pyridine rings is 1. The van der Waals surface area contributed by atoms with Gasteiger partial charge in [-0.3, -0.25) is 9.88 Å². The van der Waals surface area contributed by atoms with Crippen LogP contribution in [-0.2, 0) is 6.42 Å². The van der Waals surface area contributed by atoms with E-state index in [1.54, 1.807) is 0 Å². The minimum absolute atomic E-state index is 0.210. The van der Waals surface area contributed by atoms with E-state index in [1.165, 1.54) is 37.8 Å². The summed E-state index contributed by atoms with van der Waals surface area (Å²) in [6.45, 7) is 4.14. The molecule has 0 spiro atoms. The van der Waals surface area contributed by atoms with E-state index in [0.717, 1.165) is 25.4 Å². The van der Waals surface area contributed by atoms with Crippen LogP contribution < -0.4 is 5.73 Å². The van der Waals surface area contributed by atoms with Crippen LogP contribution in [0.1, 0.15) is 44.7 Å². The Morgan fingerprint density at radius 3 is 2.90 bits per heavy atom. The fraction of sp³-hybridized carbons (Fsp3) is 0.706. The Kier molecular flexibility index (Phi) is 5.55. The normalized spacial score (nSPS) is 26.9. The van der Waals surface area contributed by atoms with Gasteiger partial charge in [0.2, 0.25) is 0 Å². The maximum atomic E-state index is 6.22. The maximum Gasteiger partial charge on any atom is 0.0416 e. The molecule has 0 aromatic carbocycles. The summed E-state index contributed by atoms with van der Waals surface area (Å²) in [6, 6.07) is 6.15. The second kappa shape index (κ2) is 7.19. The zero-order valence-electron chi connectivity index (χ0n) is 13.0. The molecule has 0 aliphatic heterocycles. The highest BCUT2D eigenvalue weighted by molar-refractivity contribution is 5.05. The third-order valence-corrected chi connectivity index (χ3v) is 5.21. The van der Waals surface area contributed by atoms with Crippen molar-refractivity contribution in [2.24, 2.45) is 11.7 Å². The molecule has 1 aliphatic carbocycles. The molecule has 1 saturated carbocycles. The number of nitrogens with two attached hydrogens (primary N) is 1. The largest absolute Gasteiger partial charge is 0.329 e. The van der Waals surface area contributed by atoms with Crippen LogP contribution in [0.15, 0.2) is 24.4 Å². The lowest BCUT2D eigenvalue weighted by atomic mass is 9.70. The maximum absolute atomic E-state index is 6.22. The minimum atomic E-state index is 0.210. The summed E-state index contributed by atoms with van der Waals surface area (Å²) in [7, 11) is 2.25. The molecule has 1 aromatic heterocycles. The molecule has 0 saturated heterocycles. The minimum Gasteiger partial charge on any atom is -0.329 e. The molecule has 1 aliphatic rings. The van der Waals surface area contributed by atoms with Gasteiger partial charge in [0.1, 0.15) is 0 Å². The average molecular weight is 275 g/mol. The summed E-state index contributed by atoms with van der Waals surface area (Å²) in [5, 5.41) is 0. The van der Waals surface area contributed by atoms with Gasteiger partial charge >= 0.3 is 0 Å².